The van der Waals surface area contributed by atoms with Crippen LogP contribution in [0.15, 0.2) is 53.5 Å². The third-order valence-corrected chi connectivity index (χ3v) is 2.84. The van der Waals surface area contributed by atoms with Gasteiger partial charge in [0.05, 0.1) is 5.69 Å². The van der Waals surface area contributed by atoms with Crippen molar-refractivity contribution in [2.24, 2.45) is 4.99 Å². The minimum absolute atomic E-state index is 0.487. The highest BCUT2D eigenvalue weighted by molar-refractivity contribution is 6.31. The summed E-state index contributed by atoms with van der Waals surface area (Å²) in [5.74, 6) is -0.0382. The molecule has 0 unspecified atom stereocenters. The highest BCUT2D eigenvalue weighted by Gasteiger charge is 2.01. The Hall–Kier alpha value is -2.13. The largest absolute Gasteiger partial charge is 0.422 e. The van der Waals surface area contributed by atoms with Gasteiger partial charge in [0.2, 0.25) is 0 Å². The van der Waals surface area contributed by atoms with E-state index in [1.807, 2.05) is 19.1 Å². The third-order valence-electron chi connectivity index (χ3n) is 2.44. The normalized spacial score (nSPS) is 10.6. The van der Waals surface area contributed by atoms with Crippen molar-refractivity contribution < 1.29 is 9.53 Å². The summed E-state index contributed by atoms with van der Waals surface area (Å²) in [6.45, 7) is 1.90. The molecule has 0 N–H and O–H groups in total. The van der Waals surface area contributed by atoms with Gasteiger partial charge in [-0.1, -0.05) is 35.9 Å². The van der Waals surface area contributed by atoms with E-state index >= 15 is 0 Å². The van der Waals surface area contributed by atoms with Crippen LogP contribution in [0, 0.1) is 6.92 Å². The lowest BCUT2D eigenvalue weighted by Gasteiger charge is -2.00. The van der Waals surface area contributed by atoms with Gasteiger partial charge in [0.15, 0.2) is 0 Å². The number of aliphatic imine (C=N–C) groups is 1. The predicted octanol–water partition coefficient (Wildman–Crippen LogP) is 3.96. The molecule has 0 radical (unpaired) electrons. The number of para-hydroxylation sites is 1. The van der Waals surface area contributed by atoms with Crippen LogP contribution in [0.2, 0.25) is 5.02 Å². The maximum atomic E-state index is 11.5. The van der Waals surface area contributed by atoms with Crippen molar-refractivity contribution in [1.29, 1.82) is 0 Å². The summed E-state index contributed by atoms with van der Waals surface area (Å²) >= 11 is 5.97. The molecular formula is C15H12ClNO2. The number of benzene rings is 2. The lowest BCUT2D eigenvalue weighted by atomic mass is 10.2. The number of hydrogen-bond donors (Lipinski definition) is 0. The van der Waals surface area contributed by atoms with E-state index < -0.39 is 5.97 Å². The van der Waals surface area contributed by atoms with E-state index in [4.69, 9.17) is 16.3 Å². The minimum Gasteiger partial charge on any atom is -0.422 e. The summed E-state index contributed by atoms with van der Waals surface area (Å²) in [6, 6.07) is 14.2. The van der Waals surface area contributed by atoms with E-state index in [-0.39, 0.29) is 0 Å². The second kappa shape index (κ2) is 6.16. The molecule has 3 nitrogen and oxygen atoms in total. The molecule has 0 spiro atoms. The van der Waals surface area contributed by atoms with Crippen molar-refractivity contribution in [3.63, 3.8) is 0 Å². The zero-order chi connectivity index (χ0) is 13.7. The predicted molar refractivity (Wildman–Crippen MR) is 76.4 cm³/mol. The van der Waals surface area contributed by atoms with Crippen LogP contribution in [0.1, 0.15) is 5.56 Å². The summed E-state index contributed by atoms with van der Waals surface area (Å²) in [5, 5.41) is 0.617. The number of esters is 1. The SMILES string of the molecule is Cc1ccc(N=CC(=O)Oc2ccccc2)cc1Cl. The Morgan fingerprint density at radius 1 is 1.21 bits per heavy atom. The Bertz CT molecular complexity index is 609. The van der Waals surface area contributed by atoms with Gasteiger partial charge in [-0.05, 0) is 36.8 Å². The smallest absolute Gasteiger partial charge is 0.354 e. The van der Waals surface area contributed by atoms with Crippen molar-refractivity contribution in [2.45, 2.75) is 6.92 Å². The van der Waals surface area contributed by atoms with E-state index in [2.05, 4.69) is 4.99 Å². The van der Waals surface area contributed by atoms with Crippen molar-refractivity contribution >= 4 is 29.5 Å². The molecule has 19 heavy (non-hydrogen) atoms. The molecule has 0 atom stereocenters. The first-order valence-electron chi connectivity index (χ1n) is 5.72. The fourth-order valence-electron chi connectivity index (χ4n) is 1.42. The molecule has 0 saturated carbocycles. The summed E-state index contributed by atoms with van der Waals surface area (Å²) in [5.41, 5.74) is 1.58. The van der Waals surface area contributed by atoms with Gasteiger partial charge in [0.25, 0.3) is 0 Å². The quantitative estimate of drug-likeness (QED) is 0.482. The van der Waals surface area contributed by atoms with Crippen LogP contribution in [0.5, 0.6) is 5.75 Å². The maximum Gasteiger partial charge on any atom is 0.354 e. The Balaban J connectivity index is 2.02. The lowest BCUT2D eigenvalue weighted by molar-refractivity contribution is -0.126. The molecule has 4 heteroatoms. The molecule has 0 bridgehead atoms. The maximum absolute atomic E-state index is 11.5. The van der Waals surface area contributed by atoms with Crippen LogP contribution in [0.25, 0.3) is 0 Å². The van der Waals surface area contributed by atoms with Gasteiger partial charge < -0.3 is 4.74 Å². The number of carbonyl (C=O) groups is 1. The van der Waals surface area contributed by atoms with Crippen molar-refractivity contribution in [1.82, 2.24) is 0 Å². The minimum atomic E-state index is -0.525. The second-order valence-electron chi connectivity index (χ2n) is 3.93. The van der Waals surface area contributed by atoms with Crippen LogP contribution < -0.4 is 4.74 Å². The molecule has 96 valence electrons. The molecular weight excluding hydrogens is 262 g/mol. The van der Waals surface area contributed by atoms with Gasteiger partial charge in [-0.15, -0.1) is 0 Å². The average molecular weight is 274 g/mol. The number of hydrogen-bond acceptors (Lipinski definition) is 3. The molecule has 2 aromatic rings. The van der Waals surface area contributed by atoms with Crippen LogP contribution in [-0.2, 0) is 4.79 Å². The van der Waals surface area contributed by atoms with Crippen molar-refractivity contribution in [2.75, 3.05) is 0 Å². The molecule has 0 amide bonds. The fourth-order valence-corrected chi connectivity index (χ4v) is 1.60. The highest BCUT2D eigenvalue weighted by atomic mass is 35.5. The number of nitrogens with zero attached hydrogens (tertiary/aromatic N) is 1. The molecule has 2 rings (SSSR count). The molecule has 0 aliphatic heterocycles. The second-order valence-corrected chi connectivity index (χ2v) is 4.33. The first-order valence-corrected chi connectivity index (χ1v) is 6.10. The third kappa shape index (κ3) is 3.93. The van der Waals surface area contributed by atoms with Crippen LogP contribution in [0.4, 0.5) is 5.69 Å². The summed E-state index contributed by atoms with van der Waals surface area (Å²) in [6.07, 6.45) is 1.13. The Labute approximate surface area is 116 Å². The van der Waals surface area contributed by atoms with Gasteiger partial charge in [0.1, 0.15) is 12.0 Å². The molecule has 2 aromatic carbocycles. The zero-order valence-electron chi connectivity index (χ0n) is 10.3. The molecule has 0 aliphatic rings. The van der Waals surface area contributed by atoms with Crippen molar-refractivity contribution in [3.05, 3.63) is 59.1 Å². The van der Waals surface area contributed by atoms with Gasteiger partial charge in [-0.3, -0.25) is 0 Å². The Morgan fingerprint density at radius 3 is 2.63 bits per heavy atom. The standard InChI is InChI=1S/C15H12ClNO2/c1-11-7-8-12(9-14(11)16)17-10-15(18)19-13-5-3-2-4-6-13/h2-10H,1H3. The molecule has 0 aliphatic carbocycles. The lowest BCUT2D eigenvalue weighted by Crippen LogP contribution is -2.08. The van der Waals surface area contributed by atoms with E-state index in [0.29, 0.717) is 16.5 Å². The van der Waals surface area contributed by atoms with E-state index in [1.54, 1.807) is 36.4 Å². The monoisotopic (exact) mass is 273 g/mol. The zero-order valence-corrected chi connectivity index (χ0v) is 11.1. The van der Waals surface area contributed by atoms with Crippen LogP contribution in [-0.4, -0.2) is 12.2 Å². The first kappa shape index (κ1) is 13.3. The van der Waals surface area contributed by atoms with Gasteiger partial charge in [-0.25, -0.2) is 9.79 Å². The van der Waals surface area contributed by atoms with Gasteiger partial charge in [-0.2, -0.15) is 0 Å². The Kier molecular flexibility index (Phi) is 4.31. The van der Waals surface area contributed by atoms with Crippen LogP contribution in [0.3, 0.4) is 0 Å². The molecule has 0 fully saturated rings. The molecule has 0 heterocycles. The molecule has 0 saturated heterocycles. The van der Waals surface area contributed by atoms with E-state index in [0.717, 1.165) is 11.8 Å². The van der Waals surface area contributed by atoms with E-state index in [1.165, 1.54) is 0 Å². The number of rotatable bonds is 3. The number of ether oxygens (including phenoxy) is 1. The van der Waals surface area contributed by atoms with Gasteiger partial charge >= 0.3 is 5.97 Å². The average Bonchev–Trinajstić information content (AvgIpc) is 2.41. The summed E-state index contributed by atoms with van der Waals surface area (Å²) < 4.78 is 5.07. The first-order chi connectivity index (χ1) is 9.15. The fraction of sp³-hybridized carbons (Fsp3) is 0.0667. The number of aryl methyl sites for hydroxylation is 1. The topological polar surface area (TPSA) is 38.7 Å². The van der Waals surface area contributed by atoms with Crippen molar-refractivity contribution in [3.8, 4) is 5.75 Å². The highest BCUT2D eigenvalue weighted by Crippen LogP contribution is 2.21. The molecule has 0 aromatic heterocycles. The number of carbonyl (C=O) groups excluding carboxylic acids is 1. The van der Waals surface area contributed by atoms with Crippen LogP contribution >= 0.6 is 11.6 Å². The Morgan fingerprint density at radius 2 is 1.95 bits per heavy atom. The summed E-state index contributed by atoms with van der Waals surface area (Å²) in [7, 11) is 0. The van der Waals surface area contributed by atoms with Gasteiger partial charge in [0, 0.05) is 5.02 Å². The van der Waals surface area contributed by atoms with E-state index in [9.17, 15) is 4.79 Å². The number of halogens is 1. The summed E-state index contributed by atoms with van der Waals surface area (Å²) in [4.78, 5) is 15.6.